The summed E-state index contributed by atoms with van der Waals surface area (Å²) in [5.74, 6) is -0.589. The van der Waals surface area contributed by atoms with Crippen LogP contribution >= 0.6 is 0 Å². The standard InChI is InChI=1S/C6H7F2NO2/c7-5(8)6-9-4(1-2-10)3-11-6/h3,5,10H,1-2H2. The van der Waals surface area contributed by atoms with E-state index in [4.69, 9.17) is 5.11 Å². The van der Waals surface area contributed by atoms with Crippen LogP contribution in [0.2, 0.25) is 0 Å². The van der Waals surface area contributed by atoms with E-state index in [1.807, 2.05) is 0 Å². The maximum atomic E-state index is 11.8. The first-order chi connectivity index (χ1) is 5.24. The Morgan fingerprint density at radius 2 is 2.36 bits per heavy atom. The van der Waals surface area contributed by atoms with E-state index in [0.717, 1.165) is 6.26 Å². The number of alkyl halides is 2. The first-order valence-electron chi connectivity index (χ1n) is 3.07. The van der Waals surface area contributed by atoms with Gasteiger partial charge in [-0.05, 0) is 0 Å². The molecule has 5 heteroatoms. The Morgan fingerprint density at radius 1 is 1.64 bits per heavy atom. The summed E-state index contributed by atoms with van der Waals surface area (Å²) in [5.41, 5.74) is 0.350. The lowest BCUT2D eigenvalue weighted by Gasteiger charge is -1.87. The minimum atomic E-state index is -2.68. The third-order valence-corrected chi connectivity index (χ3v) is 1.12. The monoisotopic (exact) mass is 163 g/mol. The van der Waals surface area contributed by atoms with Crippen molar-refractivity contribution in [3.05, 3.63) is 17.8 Å². The first-order valence-corrected chi connectivity index (χ1v) is 3.07. The molecule has 0 amide bonds. The van der Waals surface area contributed by atoms with E-state index in [1.165, 1.54) is 0 Å². The number of aliphatic hydroxyl groups is 1. The minimum Gasteiger partial charge on any atom is -0.444 e. The quantitative estimate of drug-likeness (QED) is 0.726. The van der Waals surface area contributed by atoms with Crippen molar-refractivity contribution >= 4 is 0 Å². The molecule has 0 aliphatic carbocycles. The van der Waals surface area contributed by atoms with Crippen LogP contribution in [0, 0.1) is 0 Å². The highest BCUT2D eigenvalue weighted by atomic mass is 19.3. The second-order valence-electron chi connectivity index (χ2n) is 1.95. The summed E-state index contributed by atoms with van der Waals surface area (Å²) in [4.78, 5) is 3.42. The Bertz CT molecular complexity index is 224. The number of aromatic nitrogens is 1. The molecule has 0 aliphatic rings. The average Bonchev–Trinajstić information content (AvgIpc) is 2.37. The summed E-state index contributed by atoms with van der Waals surface area (Å²) in [7, 11) is 0. The second kappa shape index (κ2) is 3.43. The zero-order valence-electron chi connectivity index (χ0n) is 5.63. The Labute approximate surface area is 61.7 Å². The van der Waals surface area contributed by atoms with Crippen molar-refractivity contribution in [3.63, 3.8) is 0 Å². The molecule has 11 heavy (non-hydrogen) atoms. The Balaban J connectivity index is 2.66. The summed E-state index contributed by atoms with van der Waals surface area (Å²) < 4.78 is 28.0. The summed E-state index contributed by atoms with van der Waals surface area (Å²) in [6.45, 7) is -0.116. The zero-order chi connectivity index (χ0) is 8.27. The molecule has 0 spiro atoms. The topological polar surface area (TPSA) is 46.3 Å². The summed E-state index contributed by atoms with van der Waals surface area (Å²) in [6, 6.07) is 0. The molecule has 62 valence electrons. The van der Waals surface area contributed by atoms with Crippen LogP contribution < -0.4 is 0 Å². The van der Waals surface area contributed by atoms with Gasteiger partial charge in [-0.15, -0.1) is 0 Å². The van der Waals surface area contributed by atoms with Crippen molar-refractivity contribution in [2.24, 2.45) is 0 Å². The van der Waals surface area contributed by atoms with Gasteiger partial charge in [0.1, 0.15) is 6.26 Å². The molecular formula is C6H7F2NO2. The Kier molecular flexibility index (Phi) is 2.53. The number of oxazole rings is 1. The van der Waals surface area contributed by atoms with Crippen LogP contribution in [0.3, 0.4) is 0 Å². The fourth-order valence-corrected chi connectivity index (χ4v) is 0.652. The molecular weight excluding hydrogens is 156 g/mol. The highest BCUT2D eigenvalue weighted by Crippen LogP contribution is 2.17. The van der Waals surface area contributed by atoms with E-state index in [0.29, 0.717) is 5.69 Å². The van der Waals surface area contributed by atoms with E-state index in [1.54, 1.807) is 0 Å². The van der Waals surface area contributed by atoms with E-state index >= 15 is 0 Å². The smallest absolute Gasteiger partial charge is 0.313 e. The van der Waals surface area contributed by atoms with Gasteiger partial charge in [0, 0.05) is 13.0 Å². The van der Waals surface area contributed by atoms with Crippen LogP contribution in [0.1, 0.15) is 18.0 Å². The largest absolute Gasteiger partial charge is 0.444 e. The summed E-state index contributed by atoms with van der Waals surface area (Å²) in [5, 5.41) is 8.40. The second-order valence-corrected chi connectivity index (χ2v) is 1.95. The molecule has 3 nitrogen and oxygen atoms in total. The lowest BCUT2D eigenvalue weighted by Crippen LogP contribution is -1.91. The van der Waals surface area contributed by atoms with Gasteiger partial charge in [-0.3, -0.25) is 0 Å². The molecule has 0 saturated carbocycles. The highest BCUT2D eigenvalue weighted by Gasteiger charge is 2.13. The number of hydrogen-bond donors (Lipinski definition) is 1. The normalized spacial score (nSPS) is 10.9. The van der Waals surface area contributed by atoms with Gasteiger partial charge in [0.15, 0.2) is 0 Å². The molecule has 0 bridgehead atoms. The van der Waals surface area contributed by atoms with Gasteiger partial charge in [-0.2, -0.15) is 8.78 Å². The minimum absolute atomic E-state index is 0.116. The van der Waals surface area contributed by atoms with Crippen molar-refractivity contribution in [2.45, 2.75) is 12.8 Å². The van der Waals surface area contributed by atoms with Crippen molar-refractivity contribution in [3.8, 4) is 0 Å². The molecule has 0 unspecified atom stereocenters. The third kappa shape index (κ3) is 1.98. The van der Waals surface area contributed by atoms with Gasteiger partial charge in [0.2, 0.25) is 0 Å². The van der Waals surface area contributed by atoms with Gasteiger partial charge in [0.25, 0.3) is 5.89 Å². The van der Waals surface area contributed by atoms with Crippen LogP contribution in [0.4, 0.5) is 8.78 Å². The van der Waals surface area contributed by atoms with Gasteiger partial charge in [-0.25, -0.2) is 4.98 Å². The molecule has 0 aromatic carbocycles. The lowest BCUT2D eigenvalue weighted by atomic mass is 10.4. The van der Waals surface area contributed by atoms with E-state index in [2.05, 4.69) is 9.40 Å². The zero-order valence-corrected chi connectivity index (χ0v) is 5.63. The van der Waals surface area contributed by atoms with E-state index in [9.17, 15) is 8.78 Å². The van der Waals surface area contributed by atoms with Gasteiger partial charge < -0.3 is 9.52 Å². The molecule has 0 radical (unpaired) electrons. The van der Waals surface area contributed by atoms with Crippen LogP contribution in [-0.4, -0.2) is 16.7 Å². The SMILES string of the molecule is OCCc1coc(C(F)F)n1. The molecule has 1 N–H and O–H groups in total. The predicted octanol–water partition coefficient (Wildman–Crippen LogP) is 1.15. The predicted molar refractivity (Wildman–Crippen MR) is 32.2 cm³/mol. The van der Waals surface area contributed by atoms with Crippen molar-refractivity contribution in [2.75, 3.05) is 6.61 Å². The fourth-order valence-electron chi connectivity index (χ4n) is 0.652. The average molecular weight is 163 g/mol. The van der Waals surface area contributed by atoms with E-state index < -0.39 is 12.3 Å². The molecule has 0 aliphatic heterocycles. The van der Waals surface area contributed by atoms with Gasteiger partial charge in [0.05, 0.1) is 5.69 Å². The lowest BCUT2D eigenvalue weighted by molar-refractivity contribution is 0.115. The Morgan fingerprint density at radius 3 is 2.82 bits per heavy atom. The molecule has 0 fully saturated rings. The number of hydrogen-bond acceptors (Lipinski definition) is 3. The van der Waals surface area contributed by atoms with Crippen LogP contribution in [0.5, 0.6) is 0 Å². The van der Waals surface area contributed by atoms with Crippen molar-refractivity contribution < 1.29 is 18.3 Å². The van der Waals surface area contributed by atoms with E-state index in [-0.39, 0.29) is 13.0 Å². The summed E-state index contributed by atoms with van der Waals surface area (Å²) >= 11 is 0. The molecule has 1 heterocycles. The Hall–Kier alpha value is -0.970. The highest BCUT2D eigenvalue weighted by molar-refractivity contribution is 4.97. The first kappa shape index (κ1) is 8.13. The number of aliphatic hydroxyl groups excluding tert-OH is 1. The fraction of sp³-hybridized carbons (Fsp3) is 0.500. The number of nitrogens with zero attached hydrogens (tertiary/aromatic N) is 1. The maximum absolute atomic E-state index is 11.8. The van der Waals surface area contributed by atoms with Gasteiger partial charge >= 0.3 is 6.43 Å². The van der Waals surface area contributed by atoms with Crippen molar-refractivity contribution in [1.82, 2.24) is 4.98 Å². The van der Waals surface area contributed by atoms with Gasteiger partial charge in [-0.1, -0.05) is 0 Å². The number of halogens is 2. The van der Waals surface area contributed by atoms with Crippen LogP contribution in [0.15, 0.2) is 10.7 Å². The summed E-state index contributed by atoms with van der Waals surface area (Å²) in [6.07, 6.45) is -1.31. The number of rotatable bonds is 3. The molecule has 1 aromatic heterocycles. The van der Waals surface area contributed by atoms with Crippen LogP contribution in [0.25, 0.3) is 0 Å². The molecule has 0 atom stereocenters. The molecule has 1 aromatic rings. The molecule has 0 saturated heterocycles. The van der Waals surface area contributed by atoms with Crippen LogP contribution in [-0.2, 0) is 6.42 Å². The third-order valence-electron chi connectivity index (χ3n) is 1.12. The van der Waals surface area contributed by atoms with Crippen molar-refractivity contribution in [1.29, 1.82) is 0 Å². The maximum Gasteiger partial charge on any atom is 0.313 e. The molecule has 1 rings (SSSR count).